The topological polar surface area (TPSA) is 12.0 Å². The summed E-state index contributed by atoms with van der Waals surface area (Å²) in [5, 5.41) is 3.64. The second-order valence-electron chi connectivity index (χ2n) is 5.18. The Labute approximate surface area is 85.5 Å². The summed E-state index contributed by atoms with van der Waals surface area (Å²) in [6, 6.07) is 4.66. The third kappa shape index (κ3) is 0.992. The van der Waals surface area contributed by atoms with Crippen LogP contribution in [-0.2, 0) is 6.54 Å². The zero-order valence-corrected chi connectivity index (χ0v) is 9.15. The van der Waals surface area contributed by atoms with E-state index in [0.29, 0.717) is 5.54 Å². The first-order valence-electron chi connectivity index (χ1n) is 5.45. The number of fused-ring (bicyclic) bond motifs is 3. The van der Waals surface area contributed by atoms with Crippen LogP contribution >= 0.6 is 0 Å². The van der Waals surface area contributed by atoms with E-state index in [-0.39, 0.29) is 0 Å². The molecule has 1 aliphatic carbocycles. The van der Waals surface area contributed by atoms with Gasteiger partial charge in [0, 0.05) is 18.0 Å². The second-order valence-corrected chi connectivity index (χ2v) is 5.18. The first-order chi connectivity index (χ1) is 6.60. The first-order valence-corrected chi connectivity index (χ1v) is 5.45. The molecule has 1 heterocycles. The maximum Gasteiger partial charge on any atom is 0.0232 e. The summed E-state index contributed by atoms with van der Waals surface area (Å²) in [6.07, 6.45) is 1.32. The van der Waals surface area contributed by atoms with Crippen LogP contribution in [0.25, 0.3) is 0 Å². The Morgan fingerprint density at radius 3 is 2.93 bits per heavy atom. The molecule has 74 valence electrons. The maximum absolute atomic E-state index is 3.64. The molecule has 0 bridgehead atoms. The van der Waals surface area contributed by atoms with Crippen LogP contribution in [0.1, 0.15) is 41.5 Å². The van der Waals surface area contributed by atoms with E-state index < -0.39 is 0 Å². The molecule has 1 aromatic rings. The molecule has 0 aromatic heterocycles. The fourth-order valence-corrected chi connectivity index (χ4v) is 2.99. The van der Waals surface area contributed by atoms with Crippen molar-refractivity contribution in [3.63, 3.8) is 0 Å². The minimum absolute atomic E-state index is 0.424. The fourth-order valence-electron chi connectivity index (χ4n) is 2.99. The Morgan fingerprint density at radius 2 is 2.14 bits per heavy atom. The molecule has 1 nitrogen and oxygen atoms in total. The summed E-state index contributed by atoms with van der Waals surface area (Å²) < 4.78 is 0. The van der Waals surface area contributed by atoms with Crippen molar-refractivity contribution >= 4 is 0 Å². The van der Waals surface area contributed by atoms with Crippen LogP contribution in [0.3, 0.4) is 0 Å². The molecule has 1 fully saturated rings. The van der Waals surface area contributed by atoms with Gasteiger partial charge in [0.2, 0.25) is 0 Å². The Hall–Kier alpha value is -0.820. The lowest BCUT2D eigenvalue weighted by atomic mass is 9.91. The molecule has 0 saturated heterocycles. The third-order valence-electron chi connectivity index (χ3n) is 3.89. The molecule has 1 unspecified atom stereocenters. The second kappa shape index (κ2) is 2.40. The van der Waals surface area contributed by atoms with Gasteiger partial charge in [-0.05, 0) is 43.9 Å². The van der Waals surface area contributed by atoms with Gasteiger partial charge in [-0.1, -0.05) is 17.7 Å². The van der Waals surface area contributed by atoms with Crippen LogP contribution in [-0.4, -0.2) is 5.54 Å². The minimum Gasteiger partial charge on any atom is -0.307 e. The van der Waals surface area contributed by atoms with Crippen molar-refractivity contribution in [2.24, 2.45) is 0 Å². The van der Waals surface area contributed by atoms with Gasteiger partial charge in [-0.3, -0.25) is 0 Å². The number of rotatable bonds is 0. The largest absolute Gasteiger partial charge is 0.307 e. The van der Waals surface area contributed by atoms with Crippen molar-refractivity contribution < 1.29 is 0 Å². The van der Waals surface area contributed by atoms with Gasteiger partial charge in [0.15, 0.2) is 0 Å². The van der Waals surface area contributed by atoms with E-state index in [2.05, 4.69) is 38.2 Å². The molecule has 0 spiro atoms. The highest BCUT2D eigenvalue weighted by Gasteiger charge is 2.53. The maximum atomic E-state index is 3.64. The predicted molar refractivity (Wildman–Crippen MR) is 58.5 cm³/mol. The van der Waals surface area contributed by atoms with Gasteiger partial charge in [0.25, 0.3) is 0 Å². The molecule has 1 aromatic carbocycles. The average Bonchev–Trinajstić information content (AvgIpc) is 2.76. The number of benzene rings is 1. The Morgan fingerprint density at radius 1 is 1.36 bits per heavy atom. The molecule has 1 N–H and O–H groups in total. The van der Waals surface area contributed by atoms with Gasteiger partial charge >= 0.3 is 0 Å². The molecule has 1 saturated carbocycles. The lowest BCUT2D eigenvalue weighted by molar-refractivity contribution is 0.498. The summed E-state index contributed by atoms with van der Waals surface area (Å²) in [6.45, 7) is 7.86. The first kappa shape index (κ1) is 8.49. The molecule has 2 atom stereocenters. The zero-order chi connectivity index (χ0) is 9.92. The van der Waals surface area contributed by atoms with Crippen molar-refractivity contribution in [2.45, 2.75) is 45.2 Å². The molecule has 1 aliphatic heterocycles. The van der Waals surface area contributed by atoms with E-state index in [9.17, 15) is 0 Å². The monoisotopic (exact) mass is 187 g/mol. The van der Waals surface area contributed by atoms with Crippen molar-refractivity contribution in [3.8, 4) is 0 Å². The molecule has 1 heteroatoms. The highest BCUT2D eigenvalue weighted by atomic mass is 15.0. The summed E-state index contributed by atoms with van der Waals surface area (Å²) in [7, 11) is 0. The molecule has 0 amide bonds. The number of hydrogen-bond acceptors (Lipinski definition) is 1. The predicted octanol–water partition coefficient (Wildman–Crippen LogP) is 2.65. The number of aryl methyl sites for hydroxylation is 2. The Bertz CT molecular complexity index is 408. The molecular weight excluding hydrogens is 170 g/mol. The van der Waals surface area contributed by atoms with E-state index in [4.69, 9.17) is 0 Å². The van der Waals surface area contributed by atoms with Crippen molar-refractivity contribution in [2.75, 3.05) is 0 Å². The quantitative estimate of drug-likeness (QED) is 0.658. The van der Waals surface area contributed by atoms with Crippen LogP contribution in [0.5, 0.6) is 0 Å². The average molecular weight is 187 g/mol. The van der Waals surface area contributed by atoms with Gasteiger partial charge in [-0.2, -0.15) is 0 Å². The van der Waals surface area contributed by atoms with E-state index in [1.54, 1.807) is 5.56 Å². The Kier molecular flexibility index (Phi) is 1.46. The lowest BCUT2D eigenvalue weighted by Gasteiger charge is -2.24. The van der Waals surface area contributed by atoms with Crippen LogP contribution < -0.4 is 5.32 Å². The normalized spacial score (nSPS) is 33.5. The molecule has 0 radical (unpaired) electrons. The van der Waals surface area contributed by atoms with Crippen LogP contribution in [0.2, 0.25) is 0 Å². The lowest BCUT2D eigenvalue weighted by Crippen LogP contribution is -2.33. The van der Waals surface area contributed by atoms with Crippen molar-refractivity contribution in [3.05, 3.63) is 34.4 Å². The van der Waals surface area contributed by atoms with Crippen LogP contribution in [0, 0.1) is 13.8 Å². The minimum atomic E-state index is 0.424. The summed E-state index contributed by atoms with van der Waals surface area (Å²) in [4.78, 5) is 0. The highest BCUT2D eigenvalue weighted by Crippen LogP contribution is 2.55. The molecule has 2 aliphatic rings. The highest BCUT2D eigenvalue weighted by molar-refractivity contribution is 5.48. The van der Waals surface area contributed by atoms with E-state index >= 15 is 0 Å². The van der Waals surface area contributed by atoms with E-state index in [1.165, 1.54) is 23.1 Å². The van der Waals surface area contributed by atoms with Crippen molar-refractivity contribution in [1.82, 2.24) is 5.32 Å². The van der Waals surface area contributed by atoms with Crippen molar-refractivity contribution in [1.29, 1.82) is 0 Å². The summed E-state index contributed by atoms with van der Waals surface area (Å²) >= 11 is 0. The van der Waals surface area contributed by atoms with Gasteiger partial charge in [-0.15, -0.1) is 0 Å². The zero-order valence-electron chi connectivity index (χ0n) is 9.15. The van der Waals surface area contributed by atoms with Gasteiger partial charge in [-0.25, -0.2) is 0 Å². The number of hydrogen-bond donors (Lipinski definition) is 1. The fraction of sp³-hybridized carbons (Fsp3) is 0.538. The van der Waals surface area contributed by atoms with Crippen LogP contribution in [0.4, 0.5) is 0 Å². The van der Waals surface area contributed by atoms with Gasteiger partial charge in [0.05, 0.1) is 0 Å². The van der Waals surface area contributed by atoms with Crippen LogP contribution in [0.15, 0.2) is 12.1 Å². The van der Waals surface area contributed by atoms with Gasteiger partial charge < -0.3 is 5.32 Å². The number of nitrogens with one attached hydrogen (secondary N) is 1. The smallest absolute Gasteiger partial charge is 0.0232 e. The molecule has 14 heavy (non-hydrogen) atoms. The van der Waals surface area contributed by atoms with E-state index in [0.717, 1.165) is 12.5 Å². The standard InChI is InChI=1S/C13H17N/c1-8-4-9(2)12-10(5-8)7-14-13(3)6-11(12)13/h4-5,11,14H,6-7H2,1-3H3/t11?,13-/m1/s1. The molecular formula is C13H17N. The van der Waals surface area contributed by atoms with Gasteiger partial charge in [0.1, 0.15) is 0 Å². The Balaban J connectivity index is 2.17. The third-order valence-corrected chi connectivity index (χ3v) is 3.89. The van der Waals surface area contributed by atoms with E-state index in [1.807, 2.05) is 0 Å². The SMILES string of the molecule is Cc1cc(C)c2c(c1)CN[C@]1(C)CC21. The summed E-state index contributed by atoms with van der Waals surface area (Å²) in [5.41, 5.74) is 6.48. The summed E-state index contributed by atoms with van der Waals surface area (Å²) in [5.74, 6) is 0.784. The molecule has 3 rings (SSSR count).